The molecule has 1 N–H and O–H groups in total. The summed E-state index contributed by atoms with van der Waals surface area (Å²) in [6.45, 7) is 7.26. The number of hydrogen-bond acceptors (Lipinski definition) is 2. The smallest absolute Gasteiger partial charge is 0.146 e. The molecule has 0 amide bonds. The van der Waals surface area contributed by atoms with Crippen LogP contribution in [0.4, 0.5) is 10.1 Å². The second-order valence-corrected chi connectivity index (χ2v) is 5.14. The number of anilines is 1. The van der Waals surface area contributed by atoms with E-state index in [-0.39, 0.29) is 11.4 Å². The Morgan fingerprint density at radius 3 is 2.67 bits per heavy atom. The minimum atomic E-state index is -0.111. The fourth-order valence-electron chi connectivity index (χ4n) is 2.76. The maximum absolute atomic E-state index is 13.9. The Morgan fingerprint density at radius 1 is 1.28 bits per heavy atom. The van der Waals surface area contributed by atoms with Gasteiger partial charge >= 0.3 is 0 Å². The van der Waals surface area contributed by atoms with Crippen molar-refractivity contribution in [3.63, 3.8) is 0 Å². The maximum atomic E-state index is 13.9. The molecule has 1 fully saturated rings. The maximum Gasteiger partial charge on any atom is 0.146 e. The van der Waals surface area contributed by atoms with Gasteiger partial charge in [0, 0.05) is 18.6 Å². The number of rotatable bonds is 3. The van der Waals surface area contributed by atoms with Crippen LogP contribution < -0.4 is 10.2 Å². The summed E-state index contributed by atoms with van der Waals surface area (Å²) < 4.78 is 13.9. The van der Waals surface area contributed by atoms with E-state index < -0.39 is 0 Å². The summed E-state index contributed by atoms with van der Waals surface area (Å²) in [5.41, 5.74) is 0.867. The first-order valence-electron chi connectivity index (χ1n) is 6.95. The van der Waals surface area contributed by atoms with Gasteiger partial charge in [0.1, 0.15) is 5.82 Å². The van der Waals surface area contributed by atoms with E-state index in [1.165, 1.54) is 0 Å². The van der Waals surface area contributed by atoms with Crippen LogP contribution in [0, 0.1) is 5.82 Å². The van der Waals surface area contributed by atoms with Gasteiger partial charge in [0.25, 0.3) is 0 Å². The minimum absolute atomic E-state index is 0.111. The lowest BCUT2D eigenvalue weighted by molar-refractivity contribution is 0.321. The average molecular weight is 250 g/mol. The number of para-hydroxylation sites is 1. The van der Waals surface area contributed by atoms with E-state index in [1.54, 1.807) is 12.1 Å². The van der Waals surface area contributed by atoms with E-state index in [2.05, 4.69) is 24.1 Å². The summed E-state index contributed by atoms with van der Waals surface area (Å²) in [5.74, 6) is -0.111. The van der Waals surface area contributed by atoms with Crippen molar-refractivity contribution in [2.24, 2.45) is 0 Å². The molecule has 0 saturated carbocycles. The van der Waals surface area contributed by atoms with Crippen molar-refractivity contribution in [2.45, 2.75) is 38.6 Å². The molecule has 3 heteroatoms. The van der Waals surface area contributed by atoms with E-state index in [1.807, 2.05) is 12.1 Å². The van der Waals surface area contributed by atoms with Gasteiger partial charge in [0.05, 0.1) is 5.69 Å². The van der Waals surface area contributed by atoms with E-state index in [0.29, 0.717) is 0 Å². The topological polar surface area (TPSA) is 15.3 Å². The first kappa shape index (κ1) is 13.3. The highest BCUT2D eigenvalue weighted by Gasteiger charge is 2.30. The number of halogens is 1. The fraction of sp³-hybridized carbons (Fsp3) is 0.600. The number of benzene rings is 1. The van der Waals surface area contributed by atoms with Gasteiger partial charge in [-0.15, -0.1) is 0 Å². The summed E-state index contributed by atoms with van der Waals surface area (Å²) in [6.07, 6.45) is 3.22. The Morgan fingerprint density at radius 2 is 2.00 bits per heavy atom. The van der Waals surface area contributed by atoms with Gasteiger partial charge in [-0.05, 0) is 37.9 Å². The lowest BCUT2D eigenvalue weighted by Crippen LogP contribution is -2.50. The van der Waals surface area contributed by atoms with Gasteiger partial charge in [-0.25, -0.2) is 4.39 Å². The third kappa shape index (κ3) is 2.66. The molecule has 1 saturated heterocycles. The van der Waals surface area contributed by atoms with Crippen LogP contribution in [0.2, 0.25) is 0 Å². The van der Waals surface area contributed by atoms with Crippen molar-refractivity contribution < 1.29 is 4.39 Å². The largest absolute Gasteiger partial charge is 0.367 e. The first-order valence-corrected chi connectivity index (χ1v) is 6.95. The summed E-state index contributed by atoms with van der Waals surface area (Å²) >= 11 is 0. The zero-order chi connectivity index (χ0) is 13.0. The van der Waals surface area contributed by atoms with Gasteiger partial charge in [0.15, 0.2) is 0 Å². The van der Waals surface area contributed by atoms with Crippen LogP contribution in [0.15, 0.2) is 24.3 Å². The molecule has 2 nitrogen and oxygen atoms in total. The van der Waals surface area contributed by atoms with E-state index in [0.717, 1.165) is 44.6 Å². The Hall–Kier alpha value is -1.09. The highest BCUT2D eigenvalue weighted by Crippen LogP contribution is 2.26. The van der Waals surface area contributed by atoms with Crippen molar-refractivity contribution >= 4 is 5.69 Å². The van der Waals surface area contributed by atoms with Crippen LogP contribution in [0.5, 0.6) is 0 Å². The molecular formula is C15H23FN2. The van der Waals surface area contributed by atoms with E-state index >= 15 is 0 Å². The average Bonchev–Trinajstić information content (AvgIpc) is 2.62. The Bertz CT molecular complexity index is 388. The second-order valence-electron chi connectivity index (χ2n) is 5.14. The Labute approximate surface area is 109 Å². The third-order valence-corrected chi connectivity index (χ3v) is 4.15. The van der Waals surface area contributed by atoms with Gasteiger partial charge in [-0.3, -0.25) is 0 Å². The van der Waals surface area contributed by atoms with Crippen molar-refractivity contribution in [2.75, 3.05) is 24.5 Å². The predicted molar refractivity (Wildman–Crippen MR) is 74.5 cm³/mol. The Balaban J connectivity index is 2.25. The predicted octanol–water partition coefficient (Wildman–Crippen LogP) is 3.18. The lowest BCUT2D eigenvalue weighted by atomic mass is 9.92. The molecule has 0 bridgehead atoms. The monoisotopic (exact) mass is 250 g/mol. The van der Waals surface area contributed by atoms with Crippen LogP contribution in [-0.4, -0.2) is 25.2 Å². The number of nitrogens with zero attached hydrogens (tertiary/aromatic N) is 1. The second kappa shape index (κ2) is 5.70. The highest BCUT2D eigenvalue weighted by molar-refractivity contribution is 5.48. The third-order valence-electron chi connectivity index (χ3n) is 4.15. The lowest BCUT2D eigenvalue weighted by Gasteiger charge is -2.36. The molecule has 18 heavy (non-hydrogen) atoms. The zero-order valence-corrected chi connectivity index (χ0v) is 11.4. The molecule has 0 atom stereocenters. The van der Waals surface area contributed by atoms with E-state index in [9.17, 15) is 4.39 Å². The zero-order valence-electron chi connectivity index (χ0n) is 11.4. The van der Waals surface area contributed by atoms with Gasteiger partial charge in [-0.2, -0.15) is 0 Å². The summed E-state index contributed by atoms with van der Waals surface area (Å²) in [5, 5.41) is 3.65. The quantitative estimate of drug-likeness (QED) is 0.886. The molecule has 0 unspecified atom stereocenters. The van der Waals surface area contributed by atoms with Crippen LogP contribution in [0.25, 0.3) is 0 Å². The van der Waals surface area contributed by atoms with Gasteiger partial charge in [0.2, 0.25) is 0 Å². The van der Waals surface area contributed by atoms with Crippen molar-refractivity contribution in [3.05, 3.63) is 30.1 Å². The molecule has 0 radical (unpaired) electrons. The van der Waals surface area contributed by atoms with Crippen LogP contribution >= 0.6 is 0 Å². The first-order chi connectivity index (χ1) is 8.71. The number of hydrogen-bond donors (Lipinski definition) is 1. The summed E-state index contributed by atoms with van der Waals surface area (Å²) in [6, 6.07) is 7.10. The molecule has 1 aliphatic heterocycles. The molecule has 1 aromatic rings. The van der Waals surface area contributed by atoms with Gasteiger partial charge in [-0.1, -0.05) is 26.0 Å². The molecule has 2 rings (SSSR count). The van der Waals surface area contributed by atoms with Crippen LogP contribution in [0.1, 0.15) is 33.1 Å². The minimum Gasteiger partial charge on any atom is -0.367 e. The normalized spacial score (nSPS) is 19.6. The van der Waals surface area contributed by atoms with Crippen LogP contribution in [-0.2, 0) is 0 Å². The highest BCUT2D eigenvalue weighted by atomic mass is 19.1. The molecular weight excluding hydrogens is 227 g/mol. The SMILES string of the molecule is CCC1(CC)CN(c2ccccc2F)CCCN1. The van der Waals surface area contributed by atoms with Crippen molar-refractivity contribution in [1.29, 1.82) is 0 Å². The molecule has 1 aromatic carbocycles. The Kier molecular flexibility index (Phi) is 4.23. The van der Waals surface area contributed by atoms with Crippen molar-refractivity contribution in [3.8, 4) is 0 Å². The summed E-state index contributed by atoms with van der Waals surface area (Å²) in [4.78, 5) is 2.20. The molecule has 0 aromatic heterocycles. The molecule has 1 heterocycles. The standard InChI is InChI=1S/C15H23FN2/c1-3-15(4-2)12-18(11-7-10-17-15)14-9-6-5-8-13(14)16/h5-6,8-9,17H,3-4,7,10-12H2,1-2H3. The fourth-order valence-corrected chi connectivity index (χ4v) is 2.76. The van der Waals surface area contributed by atoms with E-state index in [4.69, 9.17) is 0 Å². The molecule has 0 aliphatic carbocycles. The molecule has 100 valence electrons. The number of nitrogens with one attached hydrogen (secondary N) is 1. The van der Waals surface area contributed by atoms with Crippen molar-refractivity contribution in [1.82, 2.24) is 5.32 Å². The van der Waals surface area contributed by atoms with Crippen LogP contribution in [0.3, 0.4) is 0 Å². The summed E-state index contributed by atoms with van der Waals surface area (Å²) in [7, 11) is 0. The van der Waals surface area contributed by atoms with Gasteiger partial charge < -0.3 is 10.2 Å². The molecule has 1 aliphatic rings. The molecule has 0 spiro atoms.